The molecule has 57 heavy (non-hydrogen) atoms. The maximum absolute atomic E-state index is 5.75. The highest BCUT2D eigenvalue weighted by Gasteiger charge is 2.27. The zero-order chi connectivity index (χ0) is 36.9. The number of fused-ring (bicyclic) bond motifs is 18. The van der Waals surface area contributed by atoms with Crippen molar-refractivity contribution in [3.05, 3.63) is 176 Å². The molecule has 0 unspecified atom stereocenters. The number of hydrogen-bond donors (Lipinski definition) is 0. The van der Waals surface area contributed by atoms with E-state index in [0.717, 1.165) is 38.8 Å². The molecule has 14 aromatic rings. The highest BCUT2D eigenvalue weighted by molar-refractivity contribution is 6.35. The Morgan fingerprint density at radius 2 is 0.895 bits per heavy atom. The quantitative estimate of drug-likeness (QED) is 0.178. The minimum absolute atomic E-state index is 0.646. The summed E-state index contributed by atoms with van der Waals surface area (Å²) in [6, 6.07) is 63.8. The van der Waals surface area contributed by atoms with Crippen molar-refractivity contribution in [2.24, 2.45) is 0 Å². The summed E-state index contributed by atoms with van der Waals surface area (Å²) in [6.07, 6.45) is 0. The standard InChI is InChI=1S/C52H29N5/c1-3-15-32-30(13-1)26-28-45-46(32)37-19-7-12-24-44(37)56(45)52-53-41-21-9-5-18-36(41)51(54-52)57-48-33-16-4-2-14-31(33)25-27-35(48)40-29-39-34-17-6-10-22-42(34)55-43-23-11-8-20-38(43)47(49(39)55)50(40)57/h1-29H. The maximum Gasteiger partial charge on any atom is 0.237 e. The van der Waals surface area contributed by atoms with E-state index in [1.54, 1.807) is 0 Å². The summed E-state index contributed by atoms with van der Waals surface area (Å²) in [5.74, 6) is 1.51. The lowest BCUT2D eigenvalue weighted by atomic mass is 10.0. The fraction of sp³-hybridized carbons (Fsp3) is 0. The molecule has 0 saturated carbocycles. The van der Waals surface area contributed by atoms with Crippen LogP contribution in [0.5, 0.6) is 0 Å². The zero-order valence-corrected chi connectivity index (χ0v) is 30.5. The van der Waals surface area contributed by atoms with E-state index in [0.29, 0.717) is 5.95 Å². The van der Waals surface area contributed by atoms with Gasteiger partial charge in [-0.25, -0.2) is 4.98 Å². The van der Waals surface area contributed by atoms with Crippen LogP contribution in [0.2, 0.25) is 0 Å². The smallest absolute Gasteiger partial charge is 0.237 e. The fourth-order valence-corrected chi connectivity index (χ4v) is 10.2. The van der Waals surface area contributed by atoms with Crippen molar-refractivity contribution in [2.75, 3.05) is 0 Å². The van der Waals surface area contributed by atoms with Gasteiger partial charge in [0.2, 0.25) is 5.95 Å². The molecule has 0 fully saturated rings. The van der Waals surface area contributed by atoms with E-state index in [1.165, 1.54) is 81.2 Å². The third kappa shape index (κ3) is 3.64. The number of benzene rings is 9. The third-order valence-electron chi connectivity index (χ3n) is 12.5. The van der Waals surface area contributed by atoms with Gasteiger partial charge in [-0.1, -0.05) is 133 Å². The van der Waals surface area contributed by atoms with Crippen LogP contribution in [0.3, 0.4) is 0 Å². The Labute approximate surface area is 324 Å². The topological polar surface area (TPSA) is 40.0 Å². The summed E-state index contributed by atoms with van der Waals surface area (Å²) in [7, 11) is 0. The van der Waals surface area contributed by atoms with Gasteiger partial charge in [0.1, 0.15) is 0 Å². The number of aromatic nitrogens is 5. The van der Waals surface area contributed by atoms with Gasteiger partial charge in [-0.15, -0.1) is 0 Å². The van der Waals surface area contributed by atoms with Crippen LogP contribution in [-0.4, -0.2) is 23.5 Å². The second kappa shape index (κ2) is 10.5. The van der Waals surface area contributed by atoms with E-state index >= 15 is 0 Å². The minimum atomic E-state index is 0.646. The van der Waals surface area contributed by atoms with Crippen molar-refractivity contribution in [2.45, 2.75) is 0 Å². The summed E-state index contributed by atoms with van der Waals surface area (Å²) in [5, 5.41) is 15.6. The van der Waals surface area contributed by atoms with Gasteiger partial charge in [-0.3, -0.25) is 9.13 Å². The van der Waals surface area contributed by atoms with Crippen LogP contribution in [0.15, 0.2) is 176 Å². The van der Waals surface area contributed by atoms with Gasteiger partial charge in [0.05, 0.1) is 44.1 Å². The predicted molar refractivity (Wildman–Crippen MR) is 238 cm³/mol. The molecule has 0 aliphatic rings. The minimum Gasteiger partial charge on any atom is -0.308 e. The summed E-state index contributed by atoms with van der Waals surface area (Å²) in [4.78, 5) is 11.1. The summed E-state index contributed by atoms with van der Waals surface area (Å²) in [5.41, 5.74) is 9.04. The van der Waals surface area contributed by atoms with Gasteiger partial charge in [0, 0.05) is 53.9 Å². The lowest BCUT2D eigenvalue weighted by Gasteiger charge is -2.15. The first-order chi connectivity index (χ1) is 28.3. The Hall–Kier alpha value is -7.76. The molecule has 0 aliphatic carbocycles. The van der Waals surface area contributed by atoms with Gasteiger partial charge in [0.25, 0.3) is 0 Å². The van der Waals surface area contributed by atoms with Crippen LogP contribution in [0.25, 0.3) is 126 Å². The molecule has 9 aromatic carbocycles. The Kier molecular flexibility index (Phi) is 5.45. The van der Waals surface area contributed by atoms with Crippen molar-refractivity contribution in [3.63, 3.8) is 0 Å². The van der Waals surface area contributed by atoms with Crippen LogP contribution in [0.1, 0.15) is 0 Å². The van der Waals surface area contributed by atoms with E-state index in [4.69, 9.17) is 9.97 Å². The molecule has 14 rings (SSSR count). The zero-order valence-electron chi connectivity index (χ0n) is 30.5. The Bertz CT molecular complexity index is 4050. The Balaban J connectivity index is 1.23. The van der Waals surface area contributed by atoms with E-state index < -0.39 is 0 Å². The van der Waals surface area contributed by atoms with E-state index in [9.17, 15) is 0 Å². The van der Waals surface area contributed by atoms with Crippen molar-refractivity contribution in [1.29, 1.82) is 0 Å². The molecule has 0 amide bonds. The first kappa shape index (κ1) is 29.6. The molecule has 262 valence electrons. The SMILES string of the molecule is c1ccc2c(c1)ccc1c2c2ccccc2n1-c1nc(-n2c3c4ccccc4ccc3c3cc4c5ccccc5n5c6ccccc6c(c32)c45)c2ccccc2n1. The van der Waals surface area contributed by atoms with Crippen molar-refractivity contribution in [1.82, 2.24) is 23.5 Å². The van der Waals surface area contributed by atoms with Crippen LogP contribution in [0.4, 0.5) is 0 Å². The molecular formula is C52H29N5. The molecular weight excluding hydrogens is 695 g/mol. The molecule has 0 saturated heterocycles. The summed E-state index contributed by atoms with van der Waals surface area (Å²) < 4.78 is 7.22. The maximum atomic E-state index is 5.75. The lowest BCUT2D eigenvalue weighted by Crippen LogP contribution is -2.07. The highest BCUT2D eigenvalue weighted by Crippen LogP contribution is 2.48. The molecule has 5 heterocycles. The molecule has 5 nitrogen and oxygen atoms in total. The fourth-order valence-electron chi connectivity index (χ4n) is 10.2. The largest absolute Gasteiger partial charge is 0.308 e. The molecule has 5 heteroatoms. The van der Waals surface area contributed by atoms with Crippen LogP contribution in [-0.2, 0) is 0 Å². The Morgan fingerprint density at radius 3 is 1.70 bits per heavy atom. The molecule has 5 aromatic heterocycles. The second-order valence-corrected chi connectivity index (χ2v) is 15.3. The molecule has 0 aliphatic heterocycles. The second-order valence-electron chi connectivity index (χ2n) is 15.3. The van der Waals surface area contributed by atoms with E-state index in [2.05, 4.69) is 189 Å². The summed E-state index contributed by atoms with van der Waals surface area (Å²) in [6.45, 7) is 0. The first-order valence-corrected chi connectivity index (χ1v) is 19.5. The van der Waals surface area contributed by atoms with Crippen molar-refractivity contribution in [3.8, 4) is 11.8 Å². The number of hydrogen-bond acceptors (Lipinski definition) is 2. The first-order valence-electron chi connectivity index (χ1n) is 19.5. The Morgan fingerprint density at radius 1 is 0.316 bits per heavy atom. The number of para-hydroxylation sites is 4. The molecule has 0 radical (unpaired) electrons. The lowest BCUT2D eigenvalue weighted by molar-refractivity contribution is 0.974. The van der Waals surface area contributed by atoms with Crippen molar-refractivity contribution < 1.29 is 0 Å². The van der Waals surface area contributed by atoms with Gasteiger partial charge in [-0.2, -0.15) is 4.98 Å². The number of rotatable bonds is 2. The van der Waals surface area contributed by atoms with Gasteiger partial charge >= 0.3 is 0 Å². The molecule has 0 N–H and O–H groups in total. The molecule has 0 atom stereocenters. The molecule has 0 bridgehead atoms. The normalized spacial score (nSPS) is 12.6. The van der Waals surface area contributed by atoms with Gasteiger partial charge in [0.15, 0.2) is 5.82 Å². The highest BCUT2D eigenvalue weighted by atomic mass is 15.2. The van der Waals surface area contributed by atoms with Crippen LogP contribution in [0, 0.1) is 0 Å². The number of nitrogens with zero attached hydrogens (tertiary/aromatic N) is 5. The predicted octanol–water partition coefficient (Wildman–Crippen LogP) is 13.3. The van der Waals surface area contributed by atoms with Crippen LogP contribution < -0.4 is 0 Å². The summed E-state index contributed by atoms with van der Waals surface area (Å²) >= 11 is 0. The average molecular weight is 724 g/mol. The van der Waals surface area contributed by atoms with E-state index in [-0.39, 0.29) is 0 Å². The van der Waals surface area contributed by atoms with E-state index in [1.807, 2.05) is 0 Å². The third-order valence-corrected chi connectivity index (χ3v) is 12.5. The van der Waals surface area contributed by atoms with Gasteiger partial charge in [-0.05, 0) is 58.6 Å². The van der Waals surface area contributed by atoms with Crippen molar-refractivity contribution >= 4 is 114 Å². The molecule has 0 spiro atoms. The monoisotopic (exact) mass is 723 g/mol. The average Bonchev–Trinajstić information content (AvgIpc) is 4.00. The van der Waals surface area contributed by atoms with Gasteiger partial charge < -0.3 is 4.40 Å². The van der Waals surface area contributed by atoms with Crippen LogP contribution >= 0.6 is 0 Å².